The molecule has 142 valence electrons. The summed E-state index contributed by atoms with van der Waals surface area (Å²) in [5.74, 6) is -0.768. The summed E-state index contributed by atoms with van der Waals surface area (Å²) in [6, 6.07) is 16.5. The van der Waals surface area contributed by atoms with Crippen LogP contribution in [0.3, 0.4) is 0 Å². The Labute approximate surface area is 161 Å². The predicted molar refractivity (Wildman–Crippen MR) is 103 cm³/mol. The Balaban J connectivity index is 1.37. The number of hydrogen-bond donors (Lipinski definition) is 2. The standard InChI is InChI=1S/C21H19N3O4/c22-11-15-5-1-4-8-19(15)27-14-21(26)28-13-20(25)23-10-9-16-12-24-18-7-3-2-6-17(16)18/h1-8,12,24H,9-10,13-14H2,(H,23,25). The number of amides is 1. The predicted octanol–water partition coefficient (Wildman–Crippen LogP) is 2.32. The molecule has 0 spiro atoms. The SMILES string of the molecule is N#Cc1ccccc1OCC(=O)OCC(=O)NCCc1c[nH]c2ccccc12. The van der Waals surface area contributed by atoms with E-state index in [0.717, 1.165) is 16.5 Å². The molecule has 2 N–H and O–H groups in total. The van der Waals surface area contributed by atoms with Crippen LogP contribution in [-0.4, -0.2) is 36.6 Å². The lowest BCUT2D eigenvalue weighted by Gasteiger charge is -2.08. The molecular formula is C21H19N3O4. The molecule has 0 radical (unpaired) electrons. The highest BCUT2D eigenvalue weighted by Crippen LogP contribution is 2.18. The third-order valence-corrected chi connectivity index (χ3v) is 4.11. The van der Waals surface area contributed by atoms with E-state index >= 15 is 0 Å². The molecule has 7 nitrogen and oxygen atoms in total. The summed E-state index contributed by atoms with van der Waals surface area (Å²) in [5, 5.41) is 12.8. The Hall–Kier alpha value is -3.79. The van der Waals surface area contributed by atoms with Crippen LogP contribution in [0.4, 0.5) is 0 Å². The van der Waals surface area contributed by atoms with E-state index in [1.807, 2.05) is 36.5 Å². The van der Waals surface area contributed by atoms with E-state index in [1.54, 1.807) is 24.3 Å². The quantitative estimate of drug-likeness (QED) is 0.586. The topological polar surface area (TPSA) is 104 Å². The fraction of sp³-hybridized carbons (Fsp3) is 0.190. The molecule has 28 heavy (non-hydrogen) atoms. The van der Waals surface area contributed by atoms with Gasteiger partial charge in [-0.05, 0) is 30.2 Å². The number of carbonyl (C=O) groups is 2. The first kappa shape index (κ1) is 19.0. The number of aromatic nitrogens is 1. The number of ether oxygens (including phenoxy) is 2. The first-order valence-corrected chi connectivity index (χ1v) is 8.76. The van der Waals surface area contributed by atoms with Crippen LogP contribution >= 0.6 is 0 Å². The van der Waals surface area contributed by atoms with Crippen molar-refractivity contribution in [3.63, 3.8) is 0 Å². The second-order valence-corrected chi connectivity index (χ2v) is 6.02. The van der Waals surface area contributed by atoms with Gasteiger partial charge < -0.3 is 19.8 Å². The van der Waals surface area contributed by atoms with E-state index in [9.17, 15) is 9.59 Å². The van der Waals surface area contributed by atoms with Gasteiger partial charge >= 0.3 is 5.97 Å². The summed E-state index contributed by atoms with van der Waals surface area (Å²) in [5.41, 5.74) is 2.48. The number of H-pyrrole nitrogens is 1. The number of benzene rings is 2. The molecular weight excluding hydrogens is 358 g/mol. The lowest BCUT2D eigenvalue weighted by Crippen LogP contribution is -2.31. The Morgan fingerprint density at radius 1 is 1.07 bits per heavy atom. The van der Waals surface area contributed by atoms with E-state index in [-0.39, 0.29) is 19.1 Å². The van der Waals surface area contributed by atoms with Crippen molar-refractivity contribution in [3.8, 4) is 11.8 Å². The first-order valence-electron chi connectivity index (χ1n) is 8.76. The molecule has 1 aromatic heterocycles. The van der Waals surface area contributed by atoms with E-state index in [0.29, 0.717) is 24.3 Å². The van der Waals surface area contributed by atoms with E-state index in [1.165, 1.54) is 0 Å². The lowest BCUT2D eigenvalue weighted by atomic mass is 10.1. The maximum absolute atomic E-state index is 11.8. The van der Waals surface area contributed by atoms with Crippen LogP contribution in [-0.2, 0) is 20.7 Å². The molecule has 2 aromatic carbocycles. The van der Waals surface area contributed by atoms with Crippen molar-refractivity contribution in [2.75, 3.05) is 19.8 Å². The minimum atomic E-state index is -0.681. The third-order valence-electron chi connectivity index (χ3n) is 4.11. The summed E-state index contributed by atoms with van der Waals surface area (Å²) in [6.45, 7) is -0.318. The number of nitriles is 1. The number of fused-ring (bicyclic) bond motifs is 1. The van der Waals surface area contributed by atoms with Gasteiger partial charge in [-0.15, -0.1) is 0 Å². The van der Waals surface area contributed by atoms with Gasteiger partial charge in [-0.1, -0.05) is 30.3 Å². The van der Waals surface area contributed by atoms with Crippen molar-refractivity contribution in [2.24, 2.45) is 0 Å². The van der Waals surface area contributed by atoms with Crippen LogP contribution in [0.15, 0.2) is 54.7 Å². The molecule has 0 fully saturated rings. The number of carbonyl (C=O) groups excluding carboxylic acids is 2. The molecule has 0 aliphatic rings. The third kappa shape index (κ3) is 4.89. The molecule has 3 rings (SSSR count). The van der Waals surface area contributed by atoms with E-state index in [2.05, 4.69) is 10.3 Å². The molecule has 3 aromatic rings. The number of rotatable bonds is 8. The van der Waals surface area contributed by atoms with E-state index < -0.39 is 5.97 Å². The number of esters is 1. The molecule has 0 bridgehead atoms. The fourth-order valence-corrected chi connectivity index (χ4v) is 2.74. The van der Waals surface area contributed by atoms with Crippen LogP contribution in [0.2, 0.25) is 0 Å². The summed E-state index contributed by atoms with van der Waals surface area (Å²) in [4.78, 5) is 26.7. The lowest BCUT2D eigenvalue weighted by molar-refractivity contribution is -0.150. The number of nitrogens with one attached hydrogen (secondary N) is 2. The van der Waals surface area contributed by atoms with Crippen LogP contribution in [0.25, 0.3) is 10.9 Å². The normalized spacial score (nSPS) is 10.2. The molecule has 0 aliphatic heterocycles. The average Bonchev–Trinajstić information content (AvgIpc) is 3.14. The van der Waals surface area contributed by atoms with Gasteiger partial charge in [0.2, 0.25) is 0 Å². The zero-order valence-corrected chi connectivity index (χ0v) is 15.1. The van der Waals surface area contributed by atoms with Crippen LogP contribution in [0.5, 0.6) is 5.75 Å². The van der Waals surface area contributed by atoms with Gasteiger partial charge in [0, 0.05) is 23.6 Å². The number of nitrogens with zero attached hydrogens (tertiary/aromatic N) is 1. The first-order chi connectivity index (χ1) is 13.7. The summed E-state index contributed by atoms with van der Waals surface area (Å²) >= 11 is 0. The molecule has 0 unspecified atom stereocenters. The Bertz CT molecular complexity index is 1020. The monoisotopic (exact) mass is 377 g/mol. The van der Waals surface area contributed by atoms with Crippen molar-refractivity contribution < 1.29 is 19.1 Å². The van der Waals surface area contributed by atoms with Crippen molar-refractivity contribution in [1.29, 1.82) is 5.26 Å². The van der Waals surface area contributed by atoms with Crippen molar-refractivity contribution in [3.05, 3.63) is 65.9 Å². The highest BCUT2D eigenvalue weighted by molar-refractivity contribution is 5.83. The van der Waals surface area contributed by atoms with Crippen molar-refractivity contribution in [1.82, 2.24) is 10.3 Å². The Kier molecular flexibility index (Phi) is 6.26. The van der Waals surface area contributed by atoms with E-state index in [4.69, 9.17) is 14.7 Å². The maximum atomic E-state index is 11.8. The largest absolute Gasteiger partial charge is 0.481 e. The second-order valence-electron chi connectivity index (χ2n) is 6.02. The minimum Gasteiger partial charge on any atom is -0.481 e. The minimum absolute atomic E-state index is 0.296. The molecule has 0 aliphatic carbocycles. The highest BCUT2D eigenvalue weighted by Gasteiger charge is 2.10. The molecule has 0 saturated heterocycles. The summed E-state index contributed by atoms with van der Waals surface area (Å²) in [6.07, 6.45) is 2.59. The van der Waals surface area contributed by atoms with Crippen LogP contribution in [0, 0.1) is 11.3 Å². The van der Waals surface area contributed by atoms with Gasteiger partial charge in [0.15, 0.2) is 13.2 Å². The smallest absolute Gasteiger partial charge is 0.344 e. The van der Waals surface area contributed by atoms with Crippen LogP contribution in [0.1, 0.15) is 11.1 Å². The molecule has 0 saturated carbocycles. The Morgan fingerprint density at radius 3 is 2.71 bits per heavy atom. The van der Waals surface area contributed by atoms with Gasteiger partial charge in [-0.2, -0.15) is 5.26 Å². The van der Waals surface area contributed by atoms with Crippen LogP contribution < -0.4 is 10.1 Å². The number of hydrogen-bond acceptors (Lipinski definition) is 5. The number of aromatic amines is 1. The average molecular weight is 377 g/mol. The molecule has 1 heterocycles. The zero-order valence-electron chi connectivity index (χ0n) is 15.1. The highest BCUT2D eigenvalue weighted by atomic mass is 16.6. The molecule has 7 heteroatoms. The van der Waals surface area contributed by atoms with Gasteiger partial charge in [-0.3, -0.25) is 4.79 Å². The van der Waals surface area contributed by atoms with Crippen molar-refractivity contribution in [2.45, 2.75) is 6.42 Å². The summed E-state index contributed by atoms with van der Waals surface area (Å²) in [7, 11) is 0. The Morgan fingerprint density at radius 2 is 1.86 bits per heavy atom. The van der Waals surface area contributed by atoms with Gasteiger partial charge in [0.1, 0.15) is 11.8 Å². The maximum Gasteiger partial charge on any atom is 0.344 e. The zero-order chi connectivity index (χ0) is 19.8. The van der Waals surface area contributed by atoms with Gasteiger partial charge in [0.05, 0.1) is 5.56 Å². The second kappa shape index (κ2) is 9.24. The van der Waals surface area contributed by atoms with Gasteiger partial charge in [-0.25, -0.2) is 4.79 Å². The fourth-order valence-electron chi connectivity index (χ4n) is 2.74. The molecule has 0 atom stereocenters. The van der Waals surface area contributed by atoms with Crippen molar-refractivity contribution >= 4 is 22.8 Å². The summed E-state index contributed by atoms with van der Waals surface area (Å²) < 4.78 is 10.2. The van der Waals surface area contributed by atoms with Gasteiger partial charge in [0.25, 0.3) is 5.91 Å². The number of para-hydroxylation sites is 2. The molecule has 1 amide bonds.